The van der Waals surface area contributed by atoms with Crippen LogP contribution in [0.1, 0.15) is 79.7 Å². The third kappa shape index (κ3) is 2.82. The lowest BCUT2D eigenvalue weighted by atomic mass is 9.82. The molecule has 3 aromatic rings. The number of fused-ring (bicyclic) bond motifs is 2. The molecule has 142 valence electrons. The molecule has 0 aromatic heterocycles. The first-order valence-electron chi connectivity index (χ1n) is 10.9. The smallest absolute Gasteiger partial charge is 0.00731 e. The molecule has 0 spiro atoms. The molecule has 0 nitrogen and oxygen atoms in total. The van der Waals surface area contributed by atoms with Crippen molar-refractivity contribution in [1.29, 1.82) is 0 Å². The molecule has 1 saturated carbocycles. The van der Waals surface area contributed by atoms with Gasteiger partial charge in [0, 0.05) is 5.92 Å². The minimum absolute atomic E-state index is 0.400. The Balaban J connectivity index is 1.64. The van der Waals surface area contributed by atoms with Gasteiger partial charge in [0.25, 0.3) is 0 Å². The Labute approximate surface area is 169 Å². The topological polar surface area (TPSA) is 0 Å². The minimum Gasteiger partial charge on any atom is -0.0683 e. The second-order valence-electron chi connectivity index (χ2n) is 9.11. The van der Waals surface area contributed by atoms with Crippen molar-refractivity contribution in [2.75, 3.05) is 0 Å². The van der Waals surface area contributed by atoms with Crippen LogP contribution in [0.15, 0.2) is 60.2 Å². The summed E-state index contributed by atoms with van der Waals surface area (Å²) in [6.07, 6.45) is 7.60. The summed E-state index contributed by atoms with van der Waals surface area (Å²) in [7, 11) is 0. The molecule has 1 unspecified atom stereocenters. The summed E-state index contributed by atoms with van der Waals surface area (Å²) in [4.78, 5) is 0. The number of rotatable bonds is 3. The van der Waals surface area contributed by atoms with Crippen LogP contribution in [0.2, 0.25) is 0 Å². The van der Waals surface area contributed by atoms with Crippen molar-refractivity contribution in [3.63, 3.8) is 0 Å². The maximum Gasteiger partial charge on any atom is 0.00731 e. The lowest BCUT2D eigenvalue weighted by Crippen LogP contribution is -2.04. The molecule has 0 amide bonds. The lowest BCUT2D eigenvalue weighted by Gasteiger charge is -2.22. The fourth-order valence-electron chi connectivity index (χ4n) is 5.77. The first-order chi connectivity index (χ1) is 13.6. The van der Waals surface area contributed by atoms with E-state index in [1.807, 2.05) is 0 Å². The van der Waals surface area contributed by atoms with E-state index in [9.17, 15) is 0 Å². The molecule has 0 radical (unpaired) electrons. The quantitative estimate of drug-likeness (QED) is 0.442. The summed E-state index contributed by atoms with van der Waals surface area (Å²) in [5.74, 6) is 1.93. The van der Waals surface area contributed by atoms with Crippen LogP contribution in [0.25, 0.3) is 16.8 Å². The van der Waals surface area contributed by atoms with Crippen molar-refractivity contribution in [2.45, 2.75) is 58.3 Å². The van der Waals surface area contributed by atoms with E-state index >= 15 is 0 Å². The molecular formula is C28H30. The predicted molar refractivity (Wildman–Crippen MR) is 121 cm³/mol. The summed E-state index contributed by atoms with van der Waals surface area (Å²) >= 11 is 0. The van der Waals surface area contributed by atoms with Crippen molar-refractivity contribution in [3.8, 4) is 0 Å². The van der Waals surface area contributed by atoms with Crippen molar-refractivity contribution in [2.24, 2.45) is 5.92 Å². The predicted octanol–water partition coefficient (Wildman–Crippen LogP) is 7.85. The Morgan fingerprint density at radius 2 is 1.61 bits per heavy atom. The standard InChI is InChI=1S/C28H30/c1-18-16-21-9-5-11-24(28(21)17-18)20(3)23-12-6-15-27-25(13-7-14-26(23)27)22-10-4-8-19(22)2/h5-7,9,11-15,17,19-20,22H,4,8,10,16H2,1-3H3/t19-,20?,22-/m1/s1. The zero-order chi connectivity index (χ0) is 19.3. The van der Waals surface area contributed by atoms with Crippen molar-refractivity contribution in [3.05, 3.63) is 88.0 Å². The SMILES string of the molecule is CC1=Cc2c(cccc2C(C)c2cccc3c([C@@H]4CCC[C@H]4C)cccc23)C1. The van der Waals surface area contributed by atoms with Gasteiger partial charge in [-0.05, 0) is 70.2 Å². The number of benzene rings is 3. The summed E-state index contributed by atoms with van der Waals surface area (Å²) in [6.45, 7) is 7.07. The molecule has 0 aliphatic heterocycles. The molecule has 28 heavy (non-hydrogen) atoms. The third-order valence-electron chi connectivity index (χ3n) is 7.27. The van der Waals surface area contributed by atoms with Gasteiger partial charge in [-0.15, -0.1) is 0 Å². The van der Waals surface area contributed by atoms with Crippen LogP contribution < -0.4 is 0 Å². The summed E-state index contributed by atoms with van der Waals surface area (Å²) in [5, 5.41) is 2.92. The van der Waals surface area contributed by atoms with E-state index in [0.29, 0.717) is 5.92 Å². The van der Waals surface area contributed by atoms with Crippen LogP contribution in [-0.2, 0) is 6.42 Å². The largest absolute Gasteiger partial charge is 0.0683 e. The average Bonchev–Trinajstić information content (AvgIpc) is 3.30. The van der Waals surface area contributed by atoms with Crippen molar-refractivity contribution < 1.29 is 0 Å². The van der Waals surface area contributed by atoms with Crippen molar-refractivity contribution >= 4 is 16.8 Å². The highest BCUT2D eigenvalue weighted by atomic mass is 14.3. The Bertz CT molecular complexity index is 1070. The molecule has 2 aliphatic carbocycles. The highest BCUT2D eigenvalue weighted by Crippen LogP contribution is 2.43. The van der Waals surface area contributed by atoms with Crippen LogP contribution in [0.5, 0.6) is 0 Å². The number of hydrogen-bond acceptors (Lipinski definition) is 0. The lowest BCUT2D eigenvalue weighted by molar-refractivity contribution is 0.536. The second-order valence-corrected chi connectivity index (χ2v) is 9.11. The highest BCUT2D eigenvalue weighted by molar-refractivity contribution is 5.90. The van der Waals surface area contributed by atoms with Gasteiger partial charge in [0.15, 0.2) is 0 Å². The first-order valence-corrected chi connectivity index (χ1v) is 10.9. The van der Waals surface area contributed by atoms with Gasteiger partial charge in [0.1, 0.15) is 0 Å². The number of allylic oxidation sites excluding steroid dienone is 1. The normalized spacial score (nSPS) is 22.3. The Kier molecular flexibility index (Phi) is 4.38. The van der Waals surface area contributed by atoms with E-state index in [4.69, 9.17) is 0 Å². The Hall–Kier alpha value is -2.34. The third-order valence-corrected chi connectivity index (χ3v) is 7.27. The van der Waals surface area contributed by atoms with E-state index < -0.39 is 0 Å². The van der Waals surface area contributed by atoms with Gasteiger partial charge in [-0.3, -0.25) is 0 Å². The second kappa shape index (κ2) is 6.92. The maximum absolute atomic E-state index is 2.44. The van der Waals surface area contributed by atoms with Gasteiger partial charge in [-0.25, -0.2) is 0 Å². The molecule has 0 heterocycles. The molecule has 1 fully saturated rings. The van der Waals surface area contributed by atoms with Gasteiger partial charge in [0.05, 0.1) is 0 Å². The molecule has 0 heteroatoms. The van der Waals surface area contributed by atoms with Gasteiger partial charge < -0.3 is 0 Å². The van der Waals surface area contributed by atoms with E-state index in [-0.39, 0.29) is 0 Å². The van der Waals surface area contributed by atoms with E-state index in [1.165, 1.54) is 57.9 Å². The number of hydrogen-bond donors (Lipinski definition) is 0. The van der Waals surface area contributed by atoms with Gasteiger partial charge in [0.2, 0.25) is 0 Å². The maximum atomic E-state index is 2.44. The van der Waals surface area contributed by atoms with E-state index in [2.05, 4.69) is 81.4 Å². The summed E-state index contributed by atoms with van der Waals surface area (Å²) in [6, 6.07) is 20.9. The van der Waals surface area contributed by atoms with Crippen LogP contribution in [0.3, 0.4) is 0 Å². The van der Waals surface area contributed by atoms with Crippen LogP contribution >= 0.6 is 0 Å². The Morgan fingerprint density at radius 3 is 2.43 bits per heavy atom. The molecule has 3 atom stereocenters. The van der Waals surface area contributed by atoms with Crippen molar-refractivity contribution in [1.82, 2.24) is 0 Å². The average molecular weight is 367 g/mol. The molecular weight excluding hydrogens is 336 g/mol. The highest BCUT2D eigenvalue weighted by Gasteiger charge is 2.27. The molecule has 0 bridgehead atoms. The summed E-state index contributed by atoms with van der Waals surface area (Å²) < 4.78 is 0. The van der Waals surface area contributed by atoms with Gasteiger partial charge in [-0.2, -0.15) is 0 Å². The fraction of sp³-hybridized carbons (Fsp3) is 0.357. The minimum atomic E-state index is 0.400. The van der Waals surface area contributed by atoms with Crippen LogP contribution in [-0.4, -0.2) is 0 Å². The monoisotopic (exact) mass is 366 g/mol. The Morgan fingerprint density at radius 1 is 0.857 bits per heavy atom. The van der Waals surface area contributed by atoms with E-state index in [1.54, 1.807) is 5.56 Å². The molecule has 0 N–H and O–H groups in total. The summed E-state index contributed by atoms with van der Waals surface area (Å²) in [5.41, 5.74) is 8.95. The van der Waals surface area contributed by atoms with E-state index in [0.717, 1.165) is 18.3 Å². The first kappa shape index (κ1) is 17.7. The molecule has 2 aliphatic rings. The van der Waals surface area contributed by atoms with Gasteiger partial charge >= 0.3 is 0 Å². The zero-order valence-electron chi connectivity index (χ0n) is 17.3. The van der Waals surface area contributed by atoms with Gasteiger partial charge in [-0.1, -0.05) is 92.9 Å². The molecule has 3 aromatic carbocycles. The van der Waals surface area contributed by atoms with Crippen LogP contribution in [0, 0.1) is 5.92 Å². The molecule has 5 rings (SSSR count). The van der Waals surface area contributed by atoms with Crippen LogP contribution in [0.4, 0.5) is 0 Å². The molecule has 0 saturated heterocycles. The zero-order valence-corrected chi connectivity index (χ0v) is 17.3. The fourth-order valence-corrected chi connectivity index (χ4v) is 5.77.